The molecule has 0 fully saturated rings. The number of hydrogen-bond donors (Lipinski definition) is 1. The van der Waals surface area contributed by atoms with Crippen LogP contribution >= 0.6 is 15.9 Å². The van der Waals surface area contributed by atoms with Crippen LogP contribution < -0.4 is 5.32 Å². The molecule has 0 amide bonds. The van der Waals surface area contributed by atoms with Crippen LogP contribution in [-0.2, 0) is 13.6 Å². The quantitative estimate of drug-likeness (QED) is 0.940. The summed E-state index contributed by atoms with van der Waals surface area (Å²) in [4.78, 5) is 0. The van der Waals surface area contributed by atoms with Crippen molar-refractivity contribution in [1.82, 2.24) is 15.1 Å². The van der Waals surface area contributed by atoms with E-state index < -0.39 is 0 Å². The highest BCUT2D eigenvalue weighted by Gasteiger charge is 2.11. The number of benzene rings is 1. The van der Waals surface area contributed by atoms with Gasteiger partial charge in [0.2, 0.25) is 0 Å². The van der Waals surface area contributed by atoms with Crippen LogP contribution in [0.25, 0.3) is 11.3 Å². The third-order valence-electron chi connectivity index (χ3n) is 2.66. The minimum absolute atomic E-state index is 0.261. The average Bonchev–Trinajstić information content (AvgIpc) is 2.71. The van der Waals surface area contributed by atoms with E-state index in [2.05, 4.69) is 33.3 Å². The first-order valence-electron chi connectivity index (χ1n) is 5.80. The highest BCUT2D eigenvalue weighted by atomic mass is 79.9. The summed E-state index contributed by atoms with van der Waals surface area (Å²) in [6.45, 7) is 3.72. The lowest BCUT2D eigenvalue weighted by Gasteiger charge is -2.04. The topological polar surface area (TPSA) is 29.9 Å². The SMILES string of the molecule is CCNCc1cn(C)nc1-c1ccc(F)c(Br)c1. The van der Waals surface area contributed by atoms with Crippen molar-refractivity contribution in [3.8, 4) is 11.3 Å². The summed E-state index contributed by atoms with van der Waals surface area (Å²) in [6.07, 6.45) is 1.98. The smallest absolute Gasteiger partial charge is 0.137 e. The summed E-state index contributed by atoms with van der Waals surface area (Å²) in [5.74, 6) is -0.261. The number of rotatable bonds is 4. The van der Waals surface area contributed by atoms with Gasteiger partial charge in [0, 0.05) is 30.9 Å². The molecule has 0 spiro atoms. The van der Waals surface area contributed by atoms with Gasteiger partial charge in [-0.2, -0.15) is 5.10 Å². The van der Waals surface area contributed by atoms with Gasteiger partial charge in [-0.15, -0.1) is 0 Å². The largest absolute Gasteiger partial charge is 0.313 e. The molecule has 2 aromatic rings. The molecular weight excluding hydrogens is 297 g/mol. The monoisotopic (exact) mass is 311 g/mol. The van der Waals surface area contributed by atoms with E-state index in [9.17, 15) is 4.39 Å². The van der Waals surface area contributed by atoms with Crippen molar-refractivity contribution in [2.24, 2.45) is 7.05 Å². The summed E-state index contributed by atoms with van der Waals surface area (Å²) >= 11 is 3.20. The Morgan fingerprint density at radius 2 is 2.22 bits per heavy atom. The molecule has 2 rings (SSSR count). The lowest BCUT2D eigenvalue weighted by molar-refractivity contribution is 0.621. The van der Waals surface area contributed by atoms with Gasteiger partial charge in [0.1, 0.15) is 5.82 Å². The molecule has 1 aromatic carbocycles. The van der Waals surface area contributed by atoms with Crippen LogP contribution in [0, 0.1) is 5.82 Å². The molecule has 0 aliphatic heterocycles. The number of nitrogens with one attached hydrogen (secondary N) is 1. The Labute approximate surface area is 114 Å². The van der Waals surface area contributed by atoms with E-state index in [1.807, 2.05) is 13.2 Å². The molecule has 0 saturated carbocycles. The van der Waals surface area contributed by atoms with E-state index in [-0.39, 0.29) is 5.82 Å². The predicted octanol–water partition coefficient (Wildman–Crippen LogP) is 3.10. The van der Waals surface area contributed by atoms with Crippen LogP contribution in [0.2, 0.25) is 0 Å². The second-order valence-corrected chi connectivity index (χ2v) is 4.94. The molecule has 0 unspecified atom stereocenters. The van der Waals surface area contributed by atoms with Gasteiger partial charge >= 0.3 is 0 Å². The van der Waals surface area contributed by atoms with Crippen molar-refractivity contribution in [3.63, 3.8) is 0 Å². The van der Waals surface area contributed by atoms with Gasteiger partial charge in [-0.3, -0.25) is 4.68 Å². The van der Waals surface area contributed by atoms with Gasteiger partial charge in [-0.1, -0.05) is 6.92 Å². The molecule has 5 heteroatoms. The Balaban J connectivity index is 2.39. The van der Waals surface area contributed by atoms with Gasteiger partial charge in [0.25, 0.3) is 0 Å². The summed E-state index contributed by atoms with van der Waals surface area (Å²) < 4.78 is 15.5. The Morgan fingerprint density at radius 1 is 1.44 bits per heavy atom. The molecule has 3 nitrogen and oxygen atoms in total. The summed E-state index contributed by atoms with van der Waals surface area (Å²) in [5, 5.41) is 7.71. The third-order valence-corrected chi connectivity index (χ3v) is 3.27. The van der Waals surface area contributed by atoms with E-state index in [1.54, 1.807) is 16.8 Å². The van der Waals surface area contributed by atoms with Crippen LogP contribution in [0.5, 0.6) is 0 Å². The fourth-order valence-electron chi connectivity index (χ4n) is 1.81. The molecular formula is C13H15BrFN3. The van der Waals surface area contributed by atoms with Crippen molar-refractivity contribution in [2.45, 2.75) is 13.5 Å². The number of halogens is 2. The average molecular weight is 312 g/mol. The zero-order valence-corrected chi connectivity index (χ0v) is 12.0. The Morgan fingerprint density at radius 3 is 2.89 bits per heavy atom. The summed E-state index contributed by atoms with van der Waals surface area (Å²) in [6, 6.07) is 4.95. The maximum Gasteiger partial charge on any atom is 0.137 e. The fraction of sp³-hybridized carbons (Fsp3) is 0.308. The Bertz CT molecular complexity index is 551. The molecule has 0 radical (unpaired) electrons. The van der Waals surface area contributed by atoms with Gasteiger partial charge in [-0.25, -0.2) is 4.39 Å². The zero-order chi connectivity index (χ0) is 13.1. The van der Waals surface area contributed by atoms with E-state index in [0.717, 1.165) is 29.9 Å². The Hall–Kier alpha value is -1.20. The second kappa shape index (κ2) is 5.63. The first-order chi connectivity index (χ1) is 8.61. The molecule has 96 valence electrons. The van der Waals surface area contributed by atoms with E-state index in [1.165, 1.54) is 6.07 Å². The molecule has 0 atom stereocenters. The highest BCUT2D eigenvalue weighted by molar-refractivity contribution is 9.10. The van der Waals surface area contributed by atoms with Crippen LogP contribution in [0.15, 0.2) is 28.9 Å². The summed E-state index contributed by atoms with van der Waals surface area (Å²) in [5.41, 5.74) is 2.91. The molecule has 1 aromatic heterocycles. The molecule has 18 heavy (non-hydrogen) atoms. The number of aromatic nitrogens is 2. The lowest BCUT2D eigenvalue weighted by Crippen LogP contribution is -2.11. The normalized spacial score (nSPS) is 10.9. The van der Waals surface area contributed by atoms with Crippen LogP contribution in [0.1, 0.15) is 12.5 Å². The number of nitrogens with zero attached hydrogens (tertiary/aromatic N) is 2. The van der Waals surface area contributed by atoms with Crippen molar-refractivity contribution < 1.29 is 4.39 Å². The molecule has 0 aliphatic rings. The standard InChI is InChI=1S/C13H15BrFN3/c1-3-16-7-10-8-18(2)17-13(10)9-4-5-12(15)11(14)6-9/h4-6,8,16H,3,7H2,1-2H3. The summed E-state index contributed by atoms with van der Waals surface area (Å²) in [7, 11) is 1.89. The van der Waals surface area contributed by atoms with Crippen molar-refractivity contribution in [1.29, 1.82) is 0 Å². The van der Waals surface area contributed by atoms with E-state index in [0.29, 0.717) is 4.47 Å². The fourth-order valence-corrected chi connectivity index (χ4v) is 2.19. The predicted molar refractivity (Wildman–Crippen MR) is 73.7 cm³/mol. The first kappa shape index (κ1) is 13.2. The third kappa shape index (κ3) is 2.79. The Kier molecular flexibility index (Phi) is 4.14. The maximum absolute atomic E-state index is 13.2. The number of hydrogen-bond acceptors (Lipinski definition) is 2. The molecule has 0 saturated heterocycles. The molecule has 1 heterocycles. The van der Waals surface area contributed by atoms with Crippen LogP contribution in [-0.4, -0.2) is 16.3 Å². The van der Waals surface area contributed by atoms with Gasteiger partial charge in [0.15, 0.2) is 0 Å². The van der Waals surface area contributed by atoms with E-state index >= 15 is 0 Å². The van der Waals surface area contributed by atoms with E-state index in [4.69, 9.17) is 0 Å². The van der Waals surface area contributed by atoms with Crippen molar-refractivity contribution >= 4 is 15.9 Å². The maximum atomic E-state index is 13.2. The minimum Gasteiger partial charge on any atom is -0.313 e. The molecule has 0 aliphatic carbocycles. The first-order valence-corrected chi connectivity index (χ1v) is 6.59. The zero-order valence-electron chi connectivity index (χ0n) is 10.4. The minimum atomic E-state index is -0.261. The van der Waals surface area contributed by atoms with Crippen LogP contribution in [0.4, 0.5) is 4.39 Å². The lowest BCUT2D eigenvalue weighted by atomic mass is 10.1. The van der Waals surface area contributed by atoms with Gasteiger partial charge < -0.3 is 5.32 Å². The number of aryl methyl sites for hydroxylation is 1. The van der Waals surface area contributed by atoms with Gasteiger partial charge in [0.05, 0.1) is 10.2 Å². The molecule has 0 bridgehead atoms. The second-order valence-electron chi connectivity index (χ2n) is 4.09. The van der Waals surface area contributed by atoms with Crippen molar-refractivity contribution in [3.05, 3.63) is 40.2 Å². The molecule has 1 N–H and O–H groups in total. The van der Waals surface area contributed by atoms with Crippen LogP contribution in [0.3, 0.4) is 0 Å². The van der Waals surface area contributed by atoms with Gasteiger partial charge in [-0.05, 0) is 40.7 Å². The van der Waals surface area contributed by atoms with Crippen molar-refractivity contribution in [2.75, 3.05) is 6.54 Å². The highest BCUT2D eigenvalue weighted by Crippen LogP contribution is 2.26.